The Balaban J connectivity index is 2.64. The van der Waals surface area contributed by atoms with E-state index in [2.05, 4.69) is 4.98 Å². The molecule has 0 fully saturated rings. The van der Waals surface area contributed by atoms with Crippen molar-refractivity contribution < 1.29 is 5.11 Å². The highest BCUT2D eigenvalue weighted by Gasteiger charge is 2.04. The van der Waals surface area contributed by atoms with Gasteiger partial charge in [0.15, 0.2) is 0 Å². The van der Waals surface area contributed by atoms with Crippen LogP contribution < -0.4 is 0 Å². The quantitative estimate of drug-likeness (QED) is 0.608. The summed E-state index contributed by atoms with van der Waals surface area (Å²) in [7, 11) is 0. The second kappa shape index (κ2) is 3.27. The van der Waals surface area contributed by atoms with Crippen molar-refractivity contribution in [2.24, 2.45) is 0 Å². The fraction of sp³-hybridized carbons (Fsp3) is 0. The van der Waals surface area contributed by atoms with E-state index in [1.165, 1.54) is 0 Å². The molecular formula is C11H9NO. The maximum atomic E-state index is 8.99. The van der Waals surface area contributed by atoms with E-state index in [4.69, 9.17) is 5.11 Å². The maximum Gasteiger partial charge on any atom is 0.0870 e. The van der Waals surface area contributed by atoms with Gasteiger partial charge < -0.3 is 5.11 Å². The van der Waals surface area contributed by atoms with Crippen molar-refractivity contribution in [1.29, 1.82) is 0 Å². The lowest BCUT2D eigenvalue weighted by Crippen LogP contribution is -1.86. The first-order chi connectivity index (χ1) is 6.42. The van der Waals surface area contributed by atoms with Crippen LogP contribution in [0, 0.1) is 0 Å². The van der Waals surface area contributed by atoms with Gasteiger partial charge in [-0.3, -0.25) is 4.98 Å². The van der Waals surface area contributed by atoms with Gasteiger partial charge >= 0.3 is 0 Å². The normalized spacial score (nSPS) is 17.1. The molecule has 1 N–H and O–H groups in total. The third kappa shape index (κ3) is 1.38. The molecule has 0 radical (unpaired) electrons. The smallest absolute Gasteiger partial charge is 0.0870 e. The van der Waals surface area contributed by atoms with Gasteiger partial charge in [0.05, 0.1) is 6.26 Å². The zero-order valence-electron chi connectivity index (χ0n) is 7.01. The van der Waals surface area contributed by atoms with Crippen LogP contribution in [-0.2, 0) is 0 Å². The highest BCUT2D eigenvalue weighted by molar-refractivity contribution is 5.81. The average molecular weight is 171 g/mol. The van der Waals surface area contributed by atoms with Crippen LogP contribution >= 0.6 is 0 Å². The summed E-state index contributed by atoms with van der Waals surface area (Å²) in [6.07, 6.45) is 12.3. The Labute approximate surface area is 76.6 Å². The molecule has 0 aliphatic heterocycles. The van der Waals surface area contributed by atoms with Crippen LogP contribution in [0.2, 0.25) is 0 Å². The molecule has 2 heteroatoms. The number of hydrogen-bond donors (Lipinski definition) is 1. The summed E-state index contributed by atoms with van der Waals surface area (Å²) in [5, 5.41) is 8.99. The fourth-order valence-electron chi connectivity index (χ4n) is 1.31. The lowest BCUT2D eigenvalue weighted by atomic mass is 10.0. The minimum atomic E-state index is 0.785. The largest absolute Gasteiger partial charge is 0.515 e. The third-order valence-corrected chi connectivity index (χ3v) is 1.97. The number of rotatable bonds is 0. The Kier molecular flexibility index (Phi) is 1.96. The van der Waals surface area contributed by atoms with Crippen LogP contribution in [0.1, 0.15) is 11.1 Å². The number of aliphatic hydroxyl groups is 1. The van der Waals surface area contributed by atoms with E-state index < -0.39 is 0 Å². The lowest BCUT2D eigenvalue weighted by molar-refractivity contribution is 0.476. The summed E-state index contributed by atoms with van der Waals surface area (Å²) in [5.41, 5.74) is 2.81. The molecule has 0 atom stereocenters. The summed E-state index contributed by atoms with van der Waals surface area (Å²) >= 11 is 0. The lowest BCUT2D eigenvalue weighted by Gasteiger charge is -2.02. The topological polar surface area (TPSA) is 33.1 Å². The zero-order valence-corrected chi connectivity index (χ0v) is 7.01. The van der Waals surface area contributed by atoms with Crippen molar-refractivity contribution in [1.82, 2.24) is 4.98 Å². The van der Waals surface area contributed by atoms with Crippen molar-refractivity contribution in [3.63, 3.8) is 0 Å². The predicted molar refractivity (Wildman–Crippen MR) is 53.0 cm³/mol. The van der Waals surface area contributed by atoms with Gasteiger partial charge in [0.25, 0.3) is 0 Å². The van der Waals surface area contributed by atoms with Gasteiger partial charge in [0, 0.05) is 23.5 Å². The van der Waals surface area contributed by atoms with E-state index >= 15 is 0 Å². The molecule has 0 aromatic carbocycles. The molecular weight excluding hydrogens is 162 g/mol. The molecule has 64 valence electrons. The highest BCUT2D eigenvalue weighted by Crippen LogP contribution is 2.22. The first-order valence-electron chi connectivity index (χ1n) is 4.05. The molecule has 13 heavy (non-hydrogen) atoms. The number of nitrogens with zero attached hydrogens (tertiary/aromatic N) is 1. The Hall–Kier alpha value is -1.83. The van der Waals surface area contributed by atoms with Crippen molar-refractivity contribution in [3.05, 3.63) is 54.1 Å². The van der Waals surface area contributed by atoms with E-state index in [1.807, 2.05) is 30.4 Å². The van der Waals surface area contributed by atoms with E-state index in [0.717, 1.165) is 23.0 Å². The van der Waals surface area contributed by atoms with Gasteiger partial charge in [-0.1, -0.05) is 24.3 Å². The van der Waals surface area contributed by atoms with Crippen molar-refractivity contribution in [3.8, 4) is 0 Å². The number of aliphatic hydroxyl groups excluding tert-OH is 1. The summed E-state index contributed by atoms with van der Waals surface area (Å²) in [4.78, 5) is 4.02. The van der Waals surface area contributed by atoms with Gasteiger partial charge in [-0.05, 0) is 11.6 Å². The molecule has 0 saturated carbocycles. The first kappa shape index (κ1) is 7.80. The third-order valence-electron chi connectivity index (χ3n) is 1.97. The SMILES string of the molecule is OC=C1C=CC=Cc2ccncc21. The minimum Gasteiger partial charge on any atom is -0.515 e. The van der Waals surface area contributed by atoms with Gasteiger partial charge in [-0.15, -0.1) is 0 Å². The molecule has 2 rings (SSSR count). The van der Waals surface area contributed by atoms with E-state index in [-0.39, 0.29) is 0 Å². The number of pyridine rings is 1. The van der Waals surface area contributed by atoms with Crippen LogP contribution in [0.3, 0.4) is 0 Å². The Morgan fingerprint density at radius 1 is 1.23 bits per heavy atom. The molecule has 1 aromatic rings. The number of aromatic nitrogens is 1. The van der Waals surface area contributed by atoms with Crippen molar-refractivity contribution in [2.75, 3.05) is 0 Å². The molecule has 0 unspecified atom stereocenters. The maximum absolute atomic E-state index is 8.99. The van der Waals surface area contributed by atoms with Crippen LogP contribution in [0.25, 0.3) is 11.6 Å². The van der Waals surface area contributed by atoms with Crippen LogP contribution in [0.4, 0.5) is 0 Å². The summed E-state index contributed by atoms with van der Waals surface area (Å²) in [6.45, 7) is 0. The first-order valence-corrected chi connectivity index (χ1v) is 4.05. The van der Waals surface area contributed by atoms with Gasteiger partial charge in [-0.2, -0.15) is 0 Å². The molecule has 0 spiro atoms. The zero-order chi connectivity index (χ0) is 9.10. The standard InChI is InChI=1S/C11H9NO/c13-8-10-4-2-1-3-9-5-6-12-7-11(9)10/h1-8,13H. The predicted octanol–water partition coefficient (Wildman–Crippen LogP) is 2.56. The van der Waals surface area contributed by atoms with Crippen LogP contribution in [0.15, 0.2) is 43.0 Å². The Morgan fingerprint density at radius 2 is 2.08 bits per heavy atom. The van der Waals surface area contributed by atoms with Gasteiger partial charge in [0.2, 0.25) is 0 Å². The van der Waals surface area contributed by atoms with Crippen molar-refractivity contribution >= 4 is 11.6 Å². The van der Waals surface area contributed by atoms with Crippen molar-refractivity contribution in [2.45, 2.75) is 0 Å². The molecule has 2 nitrogen and oxygen atoms in total. The summed E-state index contributed by atoms with van der Waals surface area (Å²) in [6, 6.07) is 1.92. The Morgan fingerprint density at radius 3 is 2.92 bits per heavy atom. The number of allylic oxidation sites excluding steroid dienone is 4. The van der Waals surface area contributed by atoms with Crippen LogP contribution in [-0.4, -0.2) is 10.1 Å². The molecule has 0 saturated heterocycles. The van der Waals surface area contributed by atoms with Crippen LogP contribution in [0.5, 0.6) is 0 Å². The van der Waals surface area contributed by atoms with E-state index in [9.17, 15) is 0 Å². The Bertz CT molecular complexity index is 402. The molecule has 1 aliphatic rings. The molecule has 1 heterocycles. The van der Waals surface area contributed by atoms with Gasteiger partial charge in [-0.25, -0.2) is 0 Å². The number of fused-ring (bicyclic) bond motifs is 1. The molecule has 1 aliphatic carbocycles. The second-order valence-electron chi connectivity index (χ2n) is 2.77. The molecule has 0 amide bonds. The second-order valence-corrected chi connectivity index (χ2v) is 2.77. The highest BCUT2D eigenvalue weighted by atomic mass is 16.2. The monoisotopic (exact) mass is 171 g/mol. The van der Waals surface area contributed by atoms with E-state index in [0.29, 0.717) is 0 Å². The molecule has 1 aromatic heterocycles. The molecule has 0 bridgehead atoms. The van der Waals surface area contributed by atoms with Gasteiger partial charge in [0.1, 0.15) is 0 Å². The summed E-state index contributed by atoms with van der Waals surface area (Å²) < 4.78 is 0. The van der Waals surface area contributed by atoms with E-state index in [1.54, 1.807) is 12.4 Å². The minimum absolute atomic E-state index is 0.785. The average Bonchev–Trinajstić information content (AvgIpc) is 2.39. The summed E-state index contributed by atoms with van der Waals surface area (Å²) in [5.74, 6) is 0. The fourth-order valence-corrected chi connectivity index (χ4v) is 1.31. The number of hydrogen-bond acceptors (Lipinski definition) is 2.